The van der Waals surface area contributed by atoms with E-state index in [9.17, 15) is 13.2 Å². The predicted molar refractivity (Wildman–Crippen MR) is 102 cm³/mol. The lowest BCUT2D eigenvalue weighted by molar-refractivity contribution is -0.120. The summed E-state index contributed by atoms with van der Waals surface area (Å²) in [6, 6.07) is 5.52. The third-order valence-electron chi connectivity index (χ3n) is 4.67. The lowest BCUT2D eigenvalue weighted by Crippen LogP contribution is -2.43. The lowest BCUT2D eigenvalue weighted by atomic mass is 9.99. The summed E-state index contributed by atoms with van der Waals surface area (Å²) in [6.45, 7) is 6.30. The van der Waals surface area contributed by atoms with Gasteiger partial charge in [-0.1, -0.05) is 6.07 Å². The molecule has 146 valence electrons. The number of imidazole rings is 1. The Labute approximate surface area is 159 Å². The molecular formula is C18H25N5O3S. The van der Waals surface area contributed by atoms with Crippen molar-refractivity contribution in [3.63, 3.8) is 0 Å². The Hall–Kier alpha value is -2.26. The largest absolute Gasteiger partial charge is 0.334 e. The maximum Gasteiger partial charge on any atom is 0.262 e. The Balaban J connectivity index is 1.71. The second-order valence-electron chi connectivity index (χ2n) is 7.11. The van der Waals surface area contributed by atoms with Gasteiger partial charge in [0.15, 0.2) is 5.03 Å². The Morgan fingerprint density at radius 2 is 2.11 bits per heavy atom. The van der Waals surface area contributed by atoms with Crippen molar-refractivity contribution in [3.8, 4) is 0 Å². The highest BCUT2D eigenvalue weighted by Gasteiger charge is 2.34. The van der Waals surface area contributed by atoms with Gasteiger partial charge in [-0.25, -0.2) is 18.4 Å². The highest BCUT2D eigenvalue weighted by molar-refractivity contribution is 7.89. The molecule has 2 aromatic rings. The van der Waals surface area contributed by atoms with Gasteiger partial charge in [0, 0.05) is 31.0 Å². The molecule has 0 aliphatic carbocycles. The molecule has 1 N–H and O–H groups in total. The van der Waals surface area contributed by atoms with E-state index in [4.69, 9.17) is 0 Å². The van der Waals surface area contributed by atoms with E-state index in [0.29, 0.717) is 25.2 Å². The number of nitrogens with one attached hydrogen (secondary N) is 1. The van der Waals surface area contributed by atoms with Crippen LogP contribution in [0.1, 0.15) is 38.4 Å². The molecule has 9 heteroatoms. The molecule has 8 nitrogen and oxygen atoms in total. The monoisotopic (exact) mass is 391 g/mol. The molecule has 1 unspecified atom stereocenters. The fraction of sp³-hybridized carbons (Fsp3) is 0.500. The maximum absolute atomic E-state index is 12.9. The fourth-order valence-electron chi connectivity index (χ4n) is 3.08. The molecule has 1 amide bonds. The number of piperidine rings is 1. The molecule has 2 aromatic heterocycles. The number of aromatic nitrogens is 3. The first-order valence-corrected chi connectivity index (χ1v) is 10.5. The number of anilines is 1. The number of carbonyl (C=O) groups excluding carboxylic acids is 1. The van der Waals surface area contributed by atoms with Crippen LogP contribution in [0, 0.1) is 12.8 Å². The zero-order valence-electron chi connectivity index (χ0n) is 15.8. The number of hydrogen-bond acceptors (Lipinski definition) is 5. The zero-order valence-corrected chi connectivity index (χ0v) is 16.6. The van der Waals surface area contributed by atoms with Gasteiger partial charge in [0.05, 0.1) is 12.2 Å². The van der Waals surface area contributed by atoms with Crippen molar-refractivity contribution in [1.82, 2.24) is 18.8 Å². The highest BCUT2D eigenvalue weighted by Crippen LogP contribution is 2.24. The molecular weight excluding hydrogens is 366 g/mol. The van der Waals surface area contributed by atoms with Gasteiger partial charge in [-0.2, -0.15) is 4.31 Å². The molecule has 1 saturated heterocycles. The van der Waals surface area contributed by atoms with Gasteiger partial charge in [-0.15, -0.1) is 0 Å². The standard InChI is InChI=1S/C18H25N5O3S/c1-13(2)22-11-17(19-12-22)27(25,26)23-9-5-7-15(10-23)18(24)21-16-8-4-6-14(3)20-16/h4,6,8,11-13,15H,5,7,9-10H2,1-3H3,(H,20,21,24). The number of hydrogen-bond donors (Lipinski definition) is 1. The van der Waals surface area contributed by atoms with Gasteiger partial charge in [-0.3, -0.25) is 4.79 Å². The van der Waals surface area contributed by atoms with Crippen LogP contribution >= 0.6 is 0 Å². The molecule has 3 heterocycles. The summed E-state index contributed by atoms with van der Waals surface area (Å²) in [5.74, 6) is -0.139. The Morgan fingerprint density at radius 3 is 2.78 bits per heavy atom. The van der Waals surface area contributed by atoms with Crippen LogP contribution in [-0.2, 0) is 14.8 Å². The SMILES string of the molecule is Cc1cccc(NC(=O)C2CCCN(S(=O)(=O)c3cn(C(C)C)cn3)C2)n1. The maximum atomic E-state index is 12.9. The van der Waals surface area contributed by atoms with E-state index in [1.807, 2.05) is 32.9 Å². The molecule has 3 rings (SSSR count). The molecule has 1 aliphatic rings. The van der Waals surface area contributed by atoms with Crippen LogP contribution in [0.4, 0.5) is 5.82 Å². The minimum atomic E-state index is -3.71. The third-order valence-corrected chi connectivity index (χ3v) is 6.42. The van der Waals surface area contributed by atoms with Crippen molar-refractivity contribution in [1.29, 1.82) is 0 Å². The number of sulfonamides is 1. The molecule has 27 heavy (non-hydrogen) atoms. The zero-order chi connectivity index (χ0) is 19.6. The number of aryl methyl sites for hydroxylation is 1. The van der Waals surface area contributed by atoms with E-state index in [1.165, 1.54) is 10.6 Å². The van der Waals surface area contributed by atoms with Crippen LogP contribution in [-0.4, -0.2) is 46.3 Å². The van der Waals surface area contributed by atoms with E-state index in [0.717, 1.165) is 5.69 Å². The molecule has 0 saturated carbocycles. The second-order valence-corrected chi connectivity index (χ2v) is 8.99. The van der Waals surface area contributed by atoms with Crippen LogP contribution in [0.25, 0.3) is 0 Å². The molecule has 0 spiro atoms. The Morgan fingerprint density at radius 1 is 1.33 bits per heavy atom. The van der Waals surface area contributed by atoms with Gasteiger partial charge < -0.3 is 9.88 Å². The molecule has 1 aliphatic heterocycles. The van der Waals surface area contributed by atoms with E-state index in [1.54, 1.807) is 16.8 Å². The van der Waals surface area contributed by atoms with Crippen LogP contribution < -0.4 is 5.32 Å². The minimum absolute atomic E-state index is 0.0256. The van der Waals surface area contributed by atoms with Crippen molar-refractivity contribution in [2.45, 2.75) is 44.7 Å². The topological polar surface area (TPSA) is 97.2 Å². The normalized spacial score (nSPS) is 18.6. The van der Waals surface area contributed by atoms with Crippen molar-refractivity contribution in [3.05, 3.63) is 36.4 Å². The van der Waals surface area contributed by atoms with E-state index in [2.05, 4.69) is 15.3 Å². The van der Waals surface area contributed by atoms with Gasteiger partial charge in [0.2, 0.25) is 5.91 Å². The van der Waals surface area contributed by atoms with Crippen molar-refractivity contribution < 1.29 is 13.2 Å². The highest BCUT2D eigenvalue weighted by atomic mass is 32.2. The fourth-order valence-corrected chi connectivity index (χ4v) is 4.53. The summed E-state index contributed by atoms with van der Waals surface area (Å²) in [7, 11) is -3.71. The molecule has 0 bridgehead atoms. The number of amides is 1. The average Bonchev–Trinajstić information content (AvgIpc) is 3.13. The minimum Gasteiger partial charge on any atom is -0.334 e. The van der Waals surface area contributed by atoms with Crippen LogP contribution in [0.3, 0.4) is 0 Å². The van der Waals surface area contributed by atoms with Crippen molar-refractivity contribution in [2.24, 2.45) is 5.92 Å². The van der Waals surface area contributed by atoms with Gasteiger partial charge in [-0.05, 0) is 45.7 Å². The first kappa shape index (κ1) is 19.5. The van der Waals surface area contributed by atoms with Gasteiger partial charge >= 0.3 is 0 Å². The summed E-state index contributed by atoms with van der Waals surface area (Å²) in [5, 5.41) is 2.82. The summed E-state index contributed by atoms with van der Waals surface area (Å²) >= 11 is 0. The molecule has 0 aromatic carbocycles. The summed E-state index contributed by atoms with van der Waals surface area (Å²) in [5.41, 5.74) is 0.807. The first-order valence-electron chi connectivity index (χ1n) is 9.05. The van der Waals surface area contributed by atoms with Gasteiger partial charge in [0.25, 0.3) is 10.0 Å². The van der Waals surface area contributed by atoms with E-state index >= 15 is 0 Å². The average molecular weight is 391 g/mol. The number of rotatable bonds is 5. The Kier molecular flexibility index (Phi) is 5.61. The van der Waals surface area contributed by atoms with Crippen LogP contribution in [0.2, 0.25) is 0 Å². The lowest BCUT2D eigenvalue weighted by Gasteiger charge is -2.30. The quantitative estimate of drug-likeness (QED) is 0.843. The summed E-state index contributed by atoms with van der Waals surface area (Å²) < 4.78 is 28.9. The van der Waals surface area contributed by atoms with Crippen LogP contribution in [0.5, 0.6) is 0 Å². The predicted octanol–water partition coefficient (Wildman–Crippen LogP) is 2.21. The van der Waals surface area contributed by atoms with Gasteiger partial charge in [0.1, 0.15) is 5.82 Å². The number of nitrogens with zero attached hydrogens (tertiary/aromatic N) is 4. The van der Waals surface area contributed by atoms with E-state index < -0.39 is 15.9 Å². The number of pyridine rings is 1. The molecule has 1 atom stereocenters. The first-order chi connectivity index (χ1) is 12.8. The van der Waals surface area contributed by atoms with Crippen molar-refractivity contribution in [2.75, 3.05) is 18.4 Å². The smallest absolute Gasteiger partial charge is 0.262 e. The van der Waals surface area contributed by atoms with Crippen LogP contribution in [0.15, 0.2) is 35.7 Å². The summed E-state index contributed by atoms with van der Waals surface area (Å²) in [4.78, 5) is 20.9. The number of carbonyl (C=O) groups is 1. The van der Waals surface area contributed by atoms with Crippen molar-refractivity contribution >= 4 is 21.7 Å². The molecule has 0 radical (unpaired) electrons. The molecule has 1 fully saturated rings. The van der Waals surface area contributed by atoms with E-state index in [-0.39, 0.29) is 23.5 Å². The summed E-state index contributed by atoms with van der Waals surface area (Å²) in [6.07, 6.45) is 4.34. The third kappa shape index (κ3) is 4.36. The second kappa shape index (κ2) is 7.77. The Bertz CT molecular complexity index is 923.